The van der Waals surface area contributed by atoms with Crippen molar-refractivity contribution < 1.29 is 9.26 Å². The minimum absolute atomic E-state index is 0.369. The van der Waals surface area contributed by atoms with Crippen LogP contribution < -0.4 is 4.74 Å². The molecule has 6 nitrogen and oxygen atoms in total. The second kappa shape index (κ2) is 7.55. The highest BCUT2D eigenvalue weighted by atomic mass is 32.1. The zero-order chi connectivity index (χ0) is 17.9. The van der Waals surface area contributed by atoms with E-state index in [1.165, 1.54) is 17.1 Å². The molecule has 0 saturated carbocycles. The van der Waals surface area contributed by atoms with Crippen LogP contribution in [0.25, 0.3) is 10.6 Å². The van der Waals surface area contributed by atoms with Gasteiger partial charge in [-0.1, -0.05) is 21.8 Å². The topological polar surface area (TPSA) is 64.3 Å². The van der Waals surface area contributed by atoms with E-state index in [2.05, 4.69) is 31.8 Å². The third-order valence-corrected chi connectivity index (χ3v) is 5.55. The van der Waals surface area contributed by atoms with Crippen molar-refractivity contribution in [3.8, 4) is 16.4 Å². The van der Waals surface area contributed by atoms with Crippen LogP contribution in [0.2, 0.25) is 0 Å². The molecule has 7 heteroatoms. The van der Waals surface area contributed by atoms with E-state index in [0.717, 1.165) is 60.3 Å². The van der Waals surface area contributed by atoms with Crippen molar-refractivity contribution in [1.29, 1.82) is 0 Å². The van der Waals surface area contributed by atoms with Crippen molar-refractivity contribution in [2.75, 3.05) is 20.2 Å². The van der Waals surface area contributed by atoms with Gasteiger partial charge in [0, 0.05) is 25.1 Å². The number of nitrogens with zero attached hydrogens (tertiary/aromatic N) is 4. The van der Waals surface area contributed by atoms with Crippen molar-refractivity contribution in [2.45, 2.75) is 32.2 Å². The molecular formula is C19H22N4O2S. The molecule has 0 radical (unpaired) electrons. The van der Waals surface area contributed by atoms with Crippen molar-refractivity contribution in [2.24, 2.45) is 0 Å². The molecular weight excluding hydrogens is 348 g/mol. The van der Waals surface area contributed by atoms with Crippen LogP contribution >= 0.6 is 11.5 Å². The summed E-state index contributed by atoms with van der Waals surface area (Å²) in [6, 6.07) is 10.2. The van der Waals surface area contributed by atoms with E-state index < -0.39 is 0 Å². The Morgan fingerprint density at radius 2 is 2.27 bits per heavy atom. The van der Waals surface area contributed by atoms with Crippen LogP contribution in [0.15, 0.2) is 34.9 Å². The van der Waals surface area contributed by atoms with E-state index in [4.69, 9.17) is 9.26 Å². The number of aryl methyl sites for hydroxylation is 1. The molecule has 0 bridgehead atoms. The van der Waals surface area contributed by atoms with Gasteiger partial charge in [-0.15, -0.1) is 5.10 Å². The first-order chi connectivity index (χ1) is 12.7. The number of likely N-dealkylation sites (tertiary alicyclic amines) is 1. The summed E-state index contributed by atoms with van der Waals surface area (Å²) >= 11 is 1.39. The summed E-state index contributed by atoms with van der Waals surface area (Å²) in [5, 5.41) is 8.43. The van der Waals surface area contributed by atoms with Gasteiger partial charge in [-0.2, -0.15) is 0 Å². The molecule has 1 aliphatic rings. The van der Waals surface area contributed by atoms with Crippen molar-refractivity contribution in [1.82, 2.24) is 19.6 Å². The molecule has 1 fully saturated rings. The molecule has 26 heavy (non-hydrogen) atoms. The highest BCUT2D eigenvalue weighted by Crippen LogP contribution is 2.35. The monoisotopic (exact) mass is 370 g/mol. The third-order valence-electron chi connectivity index (χ3n) is 4.80. The molecule has 1 aliphatic heterocycles. The Balaban J connectivity index is 1.50. The van der Waals surface area contributed by atoms with Crippen LogP contribution in [0, 0.1) is 6.92 Å². The zero-order valence-corrected chi connectivity index (χ0v) is 15.8. The second-order valence-corrected chi connectivity index (χ2v) is 7.50. The first-order valence-electron chi connectivity index (χ1n) is 8.84. The number of aromatic nitrogens is 3. The van der Waals surface area contributed by atoms with Gasteiger partial charge in [0.25, 0.3) is 0 Å². The average molecular weight is 370 g/mol. The molecule has 0 aliphatic carbocycles. The second-order valence-electron chi connectivity index (χ2n) is 6.75. The maximum Gasteiger partial charge on any atom is 0.180 e. The molecule has 3 heterocycles. The molecule has 136 valence electrons. The van der Waals surface area contributed by atoms with Gasteiger partial charge in [0.15, 0.2) is 5.76 Å². The lowest BCUT2D eigenvalue weighted by Gasteiger charge is -2.32. The van der Waals surface area contributed by atoms with Gasteiger partial charge < -0.3 is 9.26 Å². The van der Waals surface area contributed by atoms with Gasteiger partial charge >= 0.3 is 0 Å². The molecule has 4 rings (SSSR count). The fourth-order valence-electron chi connectivity index (χ4n) is 3.56. The summed E-state index contributed by atoms with van der Waals surface area (Å²) in [5.74, 6) is 2.05. The number of benzene rings is 1. The highest BCUT2D eigenvalue weighted by molar-refractivity contribution is 7.09. The largest absolute Gasteiger partial charge is 0.497 e. The molecule has 1 aromatic carbocycles. The molecule has 3 aromatic rings. The van der Waals surface area contributed by atoms with Crippen LogP contribution in [0.4, 0.5) is 0 Å². The lowest BCUT2D eigenvalue weighted by Crippen LogP contribution is -2.34. The van der Waals surface area contributed by atoms with Crippen molar-refractivity contribution in [3.63, 3.8) is 0 Å². The number of rotatable bonds is 5. The minimum Gasteiger partial charge on any atom is -0.497 e. The Morgan fingerprint density at radius 1 is 1.35 bits per heavy atom. The van der Waals surface area contributed by atoms with Crippen LogP contribution in [0.1, 0.15) is 35.7 Å². The summed E-state index contributed by atoms with van der Waals surface area (Å²) in [6.07, 6.45) is 2.28. The van der Waals surface area contributed by atoms with E-state index in [1.807, 2.05) is 25.1 Å². The first-order valence-corrected chi connectivity index (χ1v) is 9.61. The molecule has 0 unspecified atom stereocenters. The first kappa shape index (κ1) is 17.2. The predicted molar refractivity (Wildman–Crippen MR) is 100 cm³/mol. The molecule has 0 spiro atoms. The Bertz CT molecular complexity index is 876. The number of ether oxygens (including phenoxy) is 1. The molecule has 0 N–H and O–H groups in total. The van der Waals surface area contributed by atoms with Gasteiger partial charge in [0.2, 0.25) is 0 Å². The zero-order valence-electron chi connectivity index (χ0n) is 15.0. The van der Waals surface area contributed by atoms with Crippen LogP contribution in [-0.4, -0.2) is 39.8 Å². The normalized spacial score (nSPS) is 18.2. The standard InChI is InChI=1S/C19H22N4O2S/c1-13-9-17(25-21-13)19-18(20-22-26-19)15-6-4-8-23(12-15)11-14-5-3-7-16(10-14)24-2/h3,5,7,9-10,15H,4,6,8,11-12H2,1-2H3/t15-/m0/s1. The lowest BCUT2D eigenvalue weighted by atomic mass is 9.93. The van der Waals surface area contributed by atoms with Crippen LogP contribution in [0.3, 0.4) is 0 Å². The van der Waals surface area contributed by atoms with E-state index in [1.54, 1.807) is 7.11 Å². The van der Waals surface area contributed by atoms with Gasteiger partial charge in [-0.25, -0.2) is 0 Å². The third kappa shape index (κ3) is 3.64. The number of hydrogen-bond acceptors (Lipinski definition) is 7. The van der Waals surface area contributed by atoms with Gasteiger partial charge in [-0.3, -0.25) is 4.90 Å². The van der Waals surface area contributed by atoms with Crippen molar-refractivity contribution in [3.05, 3.63) is 47.3 Å². The van der Waals surface area contributed by atoms with Crippen LogP contribution in [0.5, 0.6) is 5.75 Å². The SMILES string of the molecule is COc1cccc(CN2CCC[C@H](c3nnsc3-c3cc(C)no3)C2)c1. The number of piperidine rings is 1. The number of hydrogen-bond donors (Lipinski definition) is 0. The van der Waals surface area contributed by atoms with Gasteiger partial charge in [-0.05, 0) is 55.5 Å². The van der Waals surface area contributed by atoms with Gasteiger partial charge in [0.05, 0.1) is 18.5 Å². The maximum absolute atomic E-state index is 5.44. The fraction of sp³-hybridized carbons (Fsp3) is 0.421. The Morgan fingerprint density at radius 3 is 3.08 bits per heavy atom. The quantitative estimate of drug-likeness (QED) is 0.679. The van der Waals surface area contributed by atoms with E-state index in [-0.39, 0.29) is 0 Å². The molecule has 1 atom stereocenters. The fourth-order valence-corrected chi connectivity index (χ4v) is 4.26. The van der Waals surface area contributed by atoms with E-state index >= 15 is 0 Å². The van der Waals surface area contributed by atoms with Crippen molar-refractivity contribution >= 4 is 11.5 Å². The van der Waals surface area contributed by atoms with E-state index in [9.17, 15) is 0 Å². The summed E-state index contributed by atoms with van der Waals surface area (Å²) in [5.41, 5.74) is 3.19. The summed E-state index contributed by atoms with van der Waals surface area (Å²) in [4.78, 5) is 3.50. The average Bonchev–Trinajstić information content (AvgIpc) is 3.31. The molecule has 2 aromatic heterocycles. The lowest BCUT2D eigenvalue weighted by molar-refractivity contribution is 0.198. The maximum atomic E-state index is 5.44. The van der Waals surface area contributed by atoms with Gasteiger partial charge in [0.1, 0.15) is 10.6 Å². The molecule has 1 saturated heterocycles. The Kier molecular flexibility index (Phi) is 4.99. The van der Waals surface area contributed by atoms with Crippen LogP contribution in [-0.2, 0) is 6.54 Å². The summed E-state index contributed by atoms with van der Waals surface area (Å²) in [7, 11) is 1.71. The minimum atomic E-state index is 0.369. The smallest absolute Gasteiger partial charge is 0.180 e. The van der Waals surface area contributed by atoms with E-state index in [0.29, 0.717) is 5.92 Å². The Hall–Kier alpha value is -2.25. The Labute approximate surface area is 156 Å². The number of methoxy groups -OCH3 is 1. The molecule has 0 amide bonds. The highest BCUT2D eigenvalue weighted by Gasteiger charge is 2.27. The summed E-state index contributed by atoms with van der Waals surface area (Å²) < 4.78 is 15.0. The predicted octanol–water partition coefficient (Wildman–Crippen LogP) is 3.89. The summed E-state index contributed by atoms with van der Waals surface area (Å²) in [6.45, 7) is 4.92.